The molecule has 3 aliphatic rings. The summed E-state index contributed by atoms with van der Waals surface area (Å²) in [6.07, 6.45) is 4.07. The van der Waals surface area contributed by atoms with E-state index in [2.05, 4.69) is 0 Å². The van der Waals surface area contributed by atoms with Gasteiger partial charge in [-0.25, -0.2) is 0 Å². The molecular weight excluding hydrogens is 280 g/mol. The quantitative estimate of drug-likeness (QED) is 0.547. The van der Waals surface area contributed by atoms with Gasteiger partial charge in [-0.15, -0.1) is 11.6 Å². The number of carbonyl (C=O) groups is 2. The van der Waals surface area contributed by atoms with E-state index in [0.29, 0.717) is 0 Å². The van der Waals surface area contributed by atoms with E-state index in [-0.39, 0.29) is 17.8 Å². The van der Waals surface area contributed by atoms with E-state index < -0.39 is 27.8 Å². The van der Waals surface area contributed by atoms with Gasteiger partial charge in [0.25, 0.3) is 0 Å². The predicted molar refractivity (Wildman–Crippen MR) is 73.2 cm³/mol. The minimum Gasteiger partial charge on any atom is -0.460 e. The summed E-state index contributed by atoms with van der Waals surface area (Å²) < 4.78 is 5.48. The second-order valence-electron chi connectivity index (χ2n) is 6.75. The largest absolute Gasteiger partial charge is 0.460 e. The Morgan fingerprint density at radius 3 is 2.70 bits per heavy atom. The molecule has 1 saturated heterocycles. The number of carbonyl (C=O) groups excluding carboxylic acids is 2. The van der Waals surface area contributed by atoms with Gasteiger partial charge in [-0.05, 0) is 25.8 Å². The standard InChI is InChI=1S/C15H19ClO4/c1-8-9-4-6-13(2)7-5-10(17)14(3,19)15(13,16)11(9)20-12(8)18/h5,7-9,11,19H,4,6H2,1-3H3/t8-,9-,11-,13-,14+,15+/m0/s1. The van der Waals surface area contributed by atoms with E-state index in [9.17, 15) is 14.7 Å². The van der Waals surface area contributed by atoms with Crippen molar-refractivity contribution in [3.63, 3.8) is 0 Å². The zero-order chi connectivity index (χ0) is 14.9. The van der Waals surface area contributed by atoms with Gasteiger partial charge in [0.05, 0.1) is 5.92 Å². The predicted octanol–water partition coefficient (Wildman–Crippen LogP) is 1.83. The summed E-state index contributed by atoms with van der Waals surface area (Å²) in [6, 6.07) is 0. The lowest BCUT2D eigenvalue weighted by molar-refractivity contribution is -0.164. The van der Waals surface area contributed by atoms with Crippen LogP contribution in [0.3, 0.4) is 0 Å². The molecule has 0 unspecified atom stereocenters. The molecule has 2 fully saturated rings. The molecule has 0 bridgehead atoms. The number of alkyl halides is 1. The first-order valence-electron chi connectivity index (χ1n) is 7.00. The molecule has 1 N–H and O–H groups in total. The number of hydrogen-bond donors (Lipinski definition) is 1. The molecule has 4 nitrogen and oxygen atoms in total. The Morgan fingerprint density at radius 2 is 2.05 bits per heavy atom. The Hall–Kier alpha value is -0.870. The lowest BCUT2D eigenvalue weighted by Crippen LogP contribution is -2.71. The summed E-state index contributed by atoms with van der Waals surface area (Å²) in [6.45, 7) is 5.18. The van der Waals surface area contributed by atoms with Gasteiger partial charge in [-0.3, -0.25) is 9.59 Å². The van der Waals surface area contributed by atoms with E-state index >= 15 is 0 Å². The number of fused-ring (bicyclic) bond motifs is 3. The van der Waals surface area contributed by atoms with E-state index in [1.54, 1.807) is 6.08 Å². The van der Waals surface area contributed by atoms with Crippen LogP contribution in [0.2, 0.25) is 0 Å². The fourth-order valence-corrected chi connectivity index (χ4v) is 4.60. The average Bonchev–Trinajstić information content (AvgIpc) is 2.67. The van der Waals surface area contributed by atoms with Crippen molar-refractivity contribution < 1.29 is 19.4 Å². The zero-order valence-corrected chi connectivity index (χ0v) is 12.6. The average molecular weight is 299 g/mol. The first kappa shape index (κ1) is 14.1. The third-order valence-electron chi connectivity index (χ3n) is 5.66. The highest BCUT2D eigenvalue weighted by atomic mass is 35.5. The number of esters is 1. The Morgan fingerprint density at radius 1 is 1.40 bits per heavy atom. The first-order chi connectivity index (χ1) is 9.15. The van der Waals surface area contributed by atoms with Crippen LogP contribution in [0.15, 0.2) is 12.2 Å². The van der Waals surface area contributed by atoms with Gasteiger partial charge in [-0.1, -0.05) is 19.9 Å². The Kier molecular flexibility index (Phi) is 2.72. The van der Waals surface area contributed by atoms with Gasteiger partial charge in [0.15, 0.2) is 5.78 Å². The molecule has 1 heterocycles. The third-order valence-corrected chi connectivity index (χ3v) is 6.67. The Bertz CT molecular complexity index is 526. The molecular formula is C15H19ClO4. The van der Waals surface area contributed by atoms with Crippen LogP contribution in [0, 0.1) is 17.3 Å². The van der Waals surface area contributed by atoms with E-state index in [4.69, 9.17) is 16.3 Å². The maximum absolute atomic E-state index is 12.1. The van der Waals surface area contributed by atoms with Crippen molar-refractivity contribution in [1.82, 2.24) is 0 Å². The normalized spacial score (nSPS) is 54.4. The van der Waals surface area contributed by atoms with Gasteiger partial charge in [0.2, 0.25) is 0 Å². The van der Waals surface area contributed by atoms with E-state index in [1.807, 2.05) is 13.8 Å². The van der Waals surface area contributed by atoms with Crippen LogP contribution >= 0.6 is 11.6 Å². The van der Waals surface area contributed by atoms with Gasteiger partial charge in [0.1, 0.15) is 16.6 Å². The first-order valence-corrected chi connectivity index (χ1v) is 7.38. The smallest absolute Gasteiger partial charge is 0.309 e. The molecule has 1 saturated carbocycles. The maximum atomic E-state index is 12.1. The summed E-state index contributed by atoms with van der Waals surface area (Å²) in [5, 5.41) is 10.8. The van der Waals surface area contributed by atoms with Crippen molar-refractivity contribution in [2.75, 3.05) is 0 Å². The molecule has 20 heavy (non-hydrogen) atoms. The highest BCUT2D eigenvalue weighted by Crippen LogP contribution is 2.61. The van der Waals surface area contributed by atoms with Gasteiger partial charge in [0, 0.05) is 11.3 Å². The highest BCUT2D eigenvalue weighted by Gasteiger charge is 2.72. The van der Waals surface area contributed by atoms with Crippen molar-refractivity contribution in [3.05, 3.63) is 12.2 Å². The second-order valence-corrected chi connectivity index (χ2v) is 7.34. The molecule has 0 amide bonds. The zero-order valence-electron chi connectivity index (χ0n) is 11.9. The second kappa shape index (κ2) is 3.86. The topological polar surface area (TPSA) is 63.6 Å². The molecule has 0 radical (unpaired) electrons. The molecule has 1 aliphatic heterocycles. The molecule has 0 aromatic heterocycles. The summed E-state index contributed by atoms with van der Waals surface area (Å²) in [4.78, 5) is 22.7. The number of halogens is 1. The van der Waals surface area contributed by atoms with Crippen LogP contribution in [0.4, 0.5) is 0 Å². The lowest BCUT2D eigenvalue weighted by atomic mass is 9.53. The van der Waals surface area contributed by atoms with Crippen molar-refractivity contribution in [2.24, 2.45) is 17.3 Å². The lowest BCUT2D eigenvalue weighted by Gasteiger charge is -2.58. The van der Waals surface area contributed by atoms with Crippen LogP contribution in [-0.4, -0.2) is 33.4 Å². The molecule has 0 aromatic carbocycles. The number of allylic oxidation sites excluding steroid dienone is 1. The minimum atomic E-state index is -1.74. The third kappa shape index (κ3) is 1.37. The fourth-order valence-electron chi connectivity index (χ4n) is 4.15. The molecule has 0 spiro atoms. The van der Waals surface area contributed by atoms with Gasteiger partial charge >= 0.3 is 5.97 Å². The van der Waals surface area contributed by atoms with Crippen molar-refractivity contribution in [2.45, 2.75) is 50.2 Å². The highest BCUT2D eigenvalue weighted by molar-refractivity contribution is 6.29. The van der Waals surface area contributed by atoms with Crippen LogP contribution < -0.4 is 0 Å². The summed E-state index contributed by atoms with van der Waals surface area (Å²) in [5.41, 5.74) is -2.32. The summed E-state index contributed by atoms with van der Waals surface area (Å²) in [7, 11) is 0. The molecule has 110 valence electrons. The van der Waals surface area contributed by atoms with E-state index in [0.717, 1.165) is 12.8 Å². The van der Waals surface area contributed by atoms with Gasteiger partial charge in [-0.2, -0.15) is 0 Å². The van der Waals surface area contributed by atoms with Crippen molar-refractivity contribution >= 4 is 23.4 Å². The van der Waals surface area contributed by atoms with Crippen LogP contribution in [-0.2, 0) is 14.3 Å². The number of hydrogen-bond acceptors (Lipinski definition) is 4. The summed E-state index contributed by atoms with van der Waals surface area (Å²) in [5.74, 6) is -1.00. The maximum Gasteiger partial charge on any atom is 0.309 e. The molecule has 2 aliphatic carbocycles. The van der Waals surface area contributed by atoms with Crippen LogP contribution in [0.5, 0.6) is 0 Å². The Balaban J connectivity index is 2.17. The molecule has 6 atom stereocenters. The number of aliphatic hydroxyl groups is 1. The number of ketones is 1. The Labute approximate surface area is 123 Å². The number of ether oxygens (including phenoxy) is 1. The summed E-state index contributed by atoms with van der Waals surface area (Å²) >= 11 is 6.84. The molecule has 0 aromatic rings. The number of rotatable bonds is 0. The van der Waals surface area contributed by atoms with Gasteiger partial charge < -0.3 is 9.84 Å². The van der Waals surface area contributed by atoms with E-state index in [1.165, 1.54) is 13.0 Å². The molecule has 5 heteroatoms. The minimum absolute atomic E-state index is 0.0427. The van der Waals surface area contributed by atoms with Crippen LogP contribution in [0.1, 0.15) is 33.6 Å². The van der Waals surface area contributed by atoms with Crippen molar-refractivity contribution in [1.29, 1.82) is 0 Å². The SMILES string of the molecule is C[C@@H]1C(=O)O[C@H]2[C@H]1CC[C@@]1(C)C=CC(=O)[C@@](C)(O)[C@@]21Cl. The molecule has 3 rings (SSSR count). The monoisotopic (exact) mass is 298 g/mol. The fraction of sp³-hybridized carbons (Fsp3) is 0.733. The van der Waals surface area contributed by atoms with Crippen LogP contribution in [0.25, 0.3) is 0 Å². The van der Waals surface area contributed by atoms with Crippen molar-refractivity contribution in [3.8, 4) is 0 Å².